The SMILES string of the molecule is CC(Cc1ccccc1)NCC(O)C(=O)NC(C)C1COc2ccccc2O1. The third-order valence-electron chi connectivity index (χ3n) is 4.81. The minimum absolute atomic E-state index is 0.147. The molecule has 150 valence electrons. The molecule has 0 spiro atoms. The van der Waals surface area contributed by atoms with Crippen LogP contribution in [-0.4, -0.2) is 48.5 Å². The zero-order chi connectivity index (χ0) is 19.9. The number of aliphatic hydroxyl groups is 1. The van der Waals surface area contributed by atoms with Crippen LogP contribution in [0.5, 0.6) is 11.5 Å². The molecule has 3 rings (SSSR count). The molecule has 0 radical (unpaired) electrons. The molecule has 0 bridgehead atoms. The van der Waals surface area contributed by atoms with Gasteiger partial charge in [0.15, 0.2) is 17.6 Å². The van der Waals surface area contributed by atoms with Gasteiger partial charge in [-0.3, -0.25) is 4.79 Å². The van der Waals surface area contributed by atoms with Crippen molar-refractivity contribution in [3.8, 4) is 11.5 Å². The lowest BCUT2D eigenvalue weighted by molar-refractivity contribution is -0.130. The molecule has 4 atom stereocenters. The van der Waals surface area contributed by atoms with E-state index in [1.807, 2.05) is 56.3 Å². The third kappa shape index (κ3) is 5.47. The molecular formula is C22H28N2O4. The topological polar surface area (TPSA) is 79.8 Å². The Kier molecular flexibility index (Phi) is 6.90. The highest BCUT2D eigenvalue weighted by atomic mass is 16.6. The van der Waals surface area contributed by atoms with Gasteiger partial charge in [0.05, 0.1) is 6.04 Å². The van der Waals surface area contributed by atoms with Gasteiger partial charge in [-0.15, -0.1) is 0 Å². The van der Waals surface area contributed by atoms with Gasteiger partial charge in [-0.25, -0.2) is 0 Å². The van der Waals surface area contributed by atoms with Crippen LogP contribution in [0, 0.1) is 0 Å². The highest BCUT2D eigenvalue weighted by Crippen LogP contribution is 2.31. The third-order valence-corrected chi connectivity index (χ3v) is 4.81. The predicted molar refractivity (Wildman–Crippen MR) is 108 cm³/mol. The number of hydrogen-bond donors (Lipinski definition) is 3. The Bertz CT molecular complexity index is 768. The van der Waals surface area contributed by atoms with Gasteiger partial charge in [-0.1, -0.05) is 42.5 Å². The molecule has 4 unspecified atom stereocenters. The van der Waals surface area contributed by atoms with Gasteiger partial charge in [-0.2, -0.15) is 0 Å². The molecule has 0 fully saturated rings. The van der Waals surface area contributed by atoms with Crippen LogP contribution in [0.3, 0.4) is 0 Å². The maximum absolute atomic E-state index is 12.3. The van der Waals surface area contributed by atoms with E-state index in [2.05, 4.69) is 22.8 Å². The first kappa shape index (κ1) is 20.2. The van der Waals surface area contributed by atoms with Crippen molar-refractivity contribution in [3.63, 3.8) is 0 Å². The minimum Gasteiger partial charge on any atom is -0.486 e. The van der Waals surface area contributed by atoms with Gasteiger partial charge < -0.3 is 25.2 Å². The molecule has 1 aliphatic rings. The van der Waals surface area contributed by atoms with E-state index in [4.69, 9.17) is 9.47 Å². The largest absolute Gasteiger partial charge is 0.486 e. The van der Waals surface area contributed by atoms with E-state index in [9.17, 15) is 9.90 Å². The van der Waals surface area contributed by atoms with Crippen molar-refractivity contribution >= 4 is 5.91 Å². The summed E-state index contributed by atoms with van der Waals surface area (Å²) in [6.07, 6.45) is -0.605. The van der Waals surface area contributed by atoms with Crippen LogP contribution in [0.4, 0.5) is 0 Å². The first-order valence-corrected chi connectivity index (χ1v) is 9.67. The Labute approximate surface area is 165 Å². The number of benzene rings is 2. The fourth-order valence-corrected chi connectivity index (χ4v) is 3.14. The lowest BCUT2D eigenvalue weighted by Crippen LogP contribution is -2.52. The Morgan fingerprint density at radius 1 is 1.11 bits per heavy atom. The summed E-state index contributed by atoms with van der Waals surface area (Å²) in [5.74, 6) is 0.945. The zero-order valence-electron chi connectivity index (χ0n) is 16.3. The molecule has 1 aliphatic heterocycles. The molecule has 2 aromatic carbocycles. The highest BCUT2D eigenvalue weighted by molar-refractivity contribution is 5.81. The van der Waals surface area contributed by atoms with Crippen LogP contribution >= 0.6 is 0 Å². The average Bonchev–Trinajstić information content (AvgIpc) is 2.72. The van der Waals surface area contributed by atoms with Crippen molar-refractivity contribution < 1.29 is 19.4 Å². The standard InChI is InChI=1S/C22H28N2O4/c1-15(12-17-8-4-3-5-9-17)23-13-18(25)22(26)24-16(2)21-14-27-19-10-6-7-11-20(19)28-21/h3-11,15-16,18,21,23,25H,12-14H2,1-2H3,(H,24,26). The first-order chi connectivity index (χ1) is 13.5. The van der Waals surface area contributed by atoms with Gasteiger partial charge in [0.25, 0.3) is 5.91 Å². The highest BCUT2D eigenvalue weighted by Gasteiger charge is 2.28. The van der Waals surface area contributed by atoms with Crippen molar-refractivity contribution in [3.05, 3.63) is 60.2 Å². The number of nitrogens with one attached hydrogen (secondary N) is 2. The lowest BCUT2D eigenvalue weighted by Gasteiger charge is -2.31. The summed E-state index contributed by atoms with van der Waals surface area (Å²) in [6.45, 7) is 4.42. The number of para-hydroxylation sites is 2. The number of aliphatic hydroxyl groups excluding tert-OH is 1. The summed E-state index contributed by atoms with van der Waals surface area (Å²) in [4.78, 5) is 12.3. The van der Waals surface area contributed by atoms with Crippen molar-refractivity contribution in [2.75, 3.05) is 13.2 Å². The Morgan fingerprint density at radius 2 is 1.79 bits per heavy atom. The van der Waals surface area contributed by atoms with Gasteiger partial charge in [0, 0.05) is 12.6 Å². The number of hydrogen-bond acceptors (Lipinski definition) is 5. The molecule has 28 heavy (non-hydrogen) atoms. The van der Waals surface area contributed by atoms with Crippen LogP contribution in [0.1, 0.15) is 19.4 Å². The van der Waals surface area contributed by atoms with Crippen LogP contribution in [0.25, 0.3) is 0 Å². The summed E-state index contributed by atoms with van der Waals surface area (Å²) >= 11 is 0. The molecule has 1 amide bonds. The Balaban J connectivity index is 1.42. The second-order valence-corrected chi connectivity index (χ2v) is 7.23. The van der Waals surface area contributed by atoms with Crippen LogP contribution in [0.15, 0.2) is 54.6 Å². The smallest absolute Gasteiger partial charge is 0.250 e. The number of amides is 1. The van der Waals surface area contributed by atoms with Crippen LogP contribution in [-0.2, 0) is 11.2 Å². The molecule has 2 aromatic rings. The molecular weight excluding hydrogens is 356 g/mol. The van der Waals surface area contributed by atoms with Crippen molar-refractivity contribution in [1.29, 1.82) is 0 Å². The van der Waals surface area contributed by atoms with E-state index in [0.717, 1.165) is 6.42 Å². The molecule has 1 heterocycles. The second kappa shape index (κ2) is 9.57. The molecule has 6 nitrogen and oxygen atoms in total. The molecule has 0 aromatic heterocycles. The summed E-state index contributed by atoms with van der Waals surface area (Å²) < 4.78 is 11.6. The molecule has 0 aliphatic carbocycles. The Hall–Kier alpha value is -2.57. The van der Waals surface area contributed by atoms with Crippen LogP contribution < -0.4 is 20.1 Å². The van der Waals surface area contributed by atoms with E-state index < -0.39 is 12.0 Å². The predicted octanol–water partition coefficient (Wildman–Crippen LogP) is 1.91. The summed E-state index contributed by atoms with van der Waals surface area (Å²) in [5, 5.41) is 16.2. The number of fused-ring (bicyclic) bond motifs is 1. The van der Waals surface area contributed by atoms with Crippen LogP contribution in [0.2, 0.25) is 0 Å². The first-order valence-electron chi connectivity index (χ1n) is 9.67. The van der Waals surface area contributed by atoms with Crippen molar-refractivity contribution in [1.82, 2.24) is 10.6 Å². The van der Waals surface area contributed by atoms with Gasteiger partial charge in [0.1, 0.15) is 12.7 Å². The van der Waals surface area contributed by atoms with Gasteiger partial charge in [-0.05, 0) is 38.0 Å². The van der Waals surface area contributed by atoms with E-state index >= 15 is 0 Å². The minimum atomic E-state index is -1.13. The van der Waals surface area contributed by atoms with E-state index in [0.29, 0.717) is 18.1 Å². The zero-order valence-corrected chi connectivity index (χ0v) is 16.3. The fraction of sp³-hybridized carbons (Fsp3) is 0.409. The number of rotatable bonds is 8. The molecule has 3 N–H and O–H groups in total. The average molecular weight is 384 g/mol. The summed E-state index contributed by atoms with van der Waals surface area (Å²) in [5.41, 5.74) is 1.21. The maximum atomic E-state index is 12.3. The maximum Gasteiger partial charge on any atom is 0.250 e. The molecule has 0 saturated heterocycles. The quantitative estimate of drug-likeness (QED) is 0.648. The molecule has 0 saturated carbocycles. The number of carbonyl (C=O) groups excluding carboxylic acids is 1. The fourth-order valence-electron chi connectivity index (χ4n) is 3.14. The van der Waals surface area contributed by atoms with Gasteiger partial charge in [0.2, 0.25) is 0 Å². The number of ether oxygens (including phenoxy) is 2. The number of carbonyl (C=O) groups is 1. The lowest BCUT2D eigenvalue weighted by atomic mass is 10.1. The monoisotopic (exact) mass is 384 g/mol. The van der Waals surface area contributed by atoms with Gasteiger partial charge >= 0.3 is 0 Å². The summed E-state index contributed by atoms with van der Waals surface area (Å²) in [7, 11) is 0. The summed E-state index contributed by atoms with van der Waals surface area (Å²) in [6, 6.07) is 17.4. The van der Waals surface area contributed by atoms with E-state index in [-0.39, 0.29) is 24.7 Å². The molecule has 6 heteroatoms. The van der Waals surface area contributed by atoms with Crippen molar-refractivity contribution in [2.24, 2.45) is 0 Å². The van der Waals surface area contributed by atoms with E-state index in [1.54, 1.807) is 0 Å². The second-order valence-electron chi connectivity index (χ2n) is 7.23. The Morgan fingerprint density at radius 3 is 2.54 bits per heavy atom. The van der Waals surface area contributed by atoms with Crippen molar-refractivity contribution in [2.45, 2.75) is 44.6 Å². The van der Waals surface area contributed by atoms with E-state index in [1.165, 1.54) is 5.56 Å². The normalized spacial score (nSPS) is 18.8.